The monoisotopic (exact) mass is 259 g/mol. The molecule has 1 aliphatic rings. The third-order valence-electron chi connectivity index (χ3n) is 3.40. The molecule has 4 heteroatoms. The maximum atomic E-state index is 9.97. The highest BCUT2D eigenvalue weighted by Crippen LogP contribution is 2.41. The van der Waals surface area contributed by atoms with E-state index in [9.17, 15) is 5.11 Å². The van der Waals surface area contributed by atoms with E-state index in [0.717, 1.165) is 31.5 Å². The molecule has 0 spiro atoms. The SMILES string of the molecule is CC1(c2cc(Cl)c(Cl)cc2O)CCNCC1. The van der Waals surface area contributed by atoms with Gasteiger partial charge in [-0.05, 0) is 37.4 Å². The normalized spacial score (nSPS) is 19.7. The predicted octanol–water partition coefficient (Wildman–Crippen LogP) is 3.34. The number of piperidine rings is 1. The zero-order valence-electron chi connectivity index (χ0n) is 9.19. The number of aromatic hydroxyl groups is 1. The Hall–Kier alpha value is -0.440. The van der Waals surface area contributed by atoms with Crippen molar-refractivity contribution in [1.29, 1.82) is 0 Å². The van der Waals surface area contributed by atoms with Crippen LogP contribution in [0.3, 0.4) is 0 Å². The summed E-state index contributed by atoms with van der Waals surface area (Å²) in [5.74, 6) is 0.249. The zero-order valence-corrected chi connectivity index (χ0v) is 10.7. The van der Waals surface area contributed by atoms with Crippen LogP contribution >= 0.6 is 23.2 Å². The van der Waals surface area contributed by atoms with Crippen molar-refractivity contribution in [3.8, 4) is 5.75 Å². The van der Waals surface area contributed by atoms with Crippen LogP contribution in [0.25, 0.3) is 0 Å². The molecule has 0 aliphatic carbocycles. The lowest BCUT2D eigenvalue weighted by molar-refractivity contribution is 0.322. The Morgan fingerprint density at radius 3 is 2.38 bits per heavy atom. The molecule has 88 valence electrons. The number of benzene rings is 1. The Balaban J connectivity index is 2.42. The van der Waals surface area contributed by atoms with Crippen LogP contribution in [-0.4, -0.2) is 18.2 Å². The van der Waals surface area contributed by atoms with Gasteiger partial charge in [-0.3, -0.25) is 0 Å². The minimum absolute atomic E-state index is 0.0104. The summed E-state index contributed by atoms with van der Waals surface area (Å²) in [5, 5.41) is 14.2. The van der Waals surface area contributed by atoms with Crippen molar-refractivity contribution in [1.82, 2.24) is 5.32 Å². The molecule has 0 atom stereocenters. The van der Waals surface area contributed by atoms with Gasteiger partial charge in [-0.15, -0.1) is 0 Å². The van der Waals surface area contributed by atoms with Crippen LogP contribution in [0.2, 0.25) is 10.0 Å². The summed E-state index contributed by atoms with van der Waals surface area (Å²) in [7, 11) is 0. The Kier molecular flexibility index (Phi) is 3.34. The number of phenols is 1. The minimum Gasteiger partial charge on any atom is -0.508 e. The quantitative estimate of drug-likeness (QED) is 0.811. The topological polar surface area (TPSA) is 32.3 Å². The molecule has 0 saturated carbocycles. The summed E-state index contributed by atoms with van der Waals surface area (Å²) in [6.45, 7) is 4.10. The Morgan fingerprint density at radius 1 is 1.19 bits per heavy atom. The van der Waals surface area contributed by atoms with Gasteiger partial charge in [-0.1, -0.05) is 30.1 Å². The van der Waals surface area contributed by atoms with Crippen molar-refractivity contribution in [2.45, 2.75) is 25.2 Å². The Labute approximate surface area is 106 Å². The van der Waals surface area contributed by atoms with Crippen molar-refractivity contribution in [3.05, 3.63) is 27.7 Å². The highest BCUT2D eigenvalue weighted by Gasteiger charge is 2.31. The number of halogens is 2. The van der Waals surface area contributed by atoms with Crippen molar-refractivity contribution >= 4 is 23.2 Å². The van der Waals surface area contributed by atoms with Crippen molar-refractivity contribution in [3.63, 3.8) is 0 Å². The van der Waals surface area contributed by atoms with Crippen LogP contribution in [-0.2, 0) is 5.41 Å². The van der Waals surface area contributed by atoms with Gasteiger partial charge >= 0.3 is 0 Å². The first-order chi connectivity index (χ1) is 7.53. The van der Waals surface area contributed by atoms with Gasteiger partial charge in [0.05, 0.1) is 10.0 Å². The molecule has 16 heavy (non-hydrogen) atoms. The van der Waals surface area contributed by atoms with Gasteiger partial charge in [0.15, 0.2) is 0 Å². The minimum atomic E-state index is -0.0104. The predicted molar refractivity (Wildman–Crippen MR) is 67.6 cm³/mol. The van der Waals surface area contributed by atoms with Crippen molar-refractivity contribution < 1.29 is 5.11 Å². The Morgan fingerprint density at radius 2 is 1.75 bits per heavy atom. The summed E-state index contributed by atoms with van der Waals surface area (Å²) < 4.78 is 0. The highest BCUT2D eigenvalue weighted by molar-refractivity contribution is 6.42. The summed E-state index contributed by atoms with van der Waals surface area (Å²) in [6.07, 6.45) is 2.00. The molecule has 1 saturated heterocycles. The molecule has 1 heterocycles. The first-order valence-corrected chi connectivity index (χ1v) is 6.18. The van der Waals surface area contributed by atoms with Gasteiger partial charge in [0.25, 0.3) is 0 Å². The molecule has 2 rings (SSSR count). The number of hydrogen-bond acceptors (Lipinski definition) is 2. The van der Waals surface area contributed by atoms with E-state index in [4.69, 9.17) is 23.2 Å². The van der Waals surface area contributed by atoms with Gasteiger partial charge in [0, 0.05) is 11.6 Å². The fourth-order valence-corrected chi connectivity index (χ4v) is 2.59. The average molecular weight is 260 g/mol. The van der Waals surface area contributed by atoms with Crippen LogP contribution in [0.4, 0.5) is 0 Å². The van der Waals surface area contributed by atoms with Crippen LogP contribution in [0, 0.1) is 0 Å². The molecule has 0 aromatic heterocycles. The van der Waals surface area contributed by atoms with Gasteiger partial charge in [-0.25, -0.2) is 0 Å². The summed E-state index contributed by atoms with van der Waals surface area (Å²) in [5.41, 5.74) is 0.896. The largest absolute Gasteiger partial charge is 0.508 e. The van der Waals surface area contributed by atoms with Crippen molar-refractivity contribution in [2.24, 2.45) is 0 Å². The maximum Gasteiger partial charge on any atom is 0.120 e. The summed E-state index contributed by atoms with van der Waals surface area (Å²) in [6, 6.07) is 3.33. The molecule has 2 N–H and O–H groups in total. The lowest BCUT2D eigenvalue weighted by atomic mass is 9.74. The number of hydrogen-bond donors (Lipinski definition) is 2. The molecular weight excluding hydrogens is 245 g/mol. The standard InChI is InChI=1S/C12H15Cl2NO/c1-12(2-4-15-5-3-12)8-6-9(13)10(14)7-11(8)16/h6-7,15-16H,2-5H2,1H3. The van der Waals surface area contributed by atoms with Crippen molar-refractivity contribution in [2.75, 3.05) is 13.1 Å². The second kappa shape index (κ2) is 4.44. The van der Waals surface area contributed by atoms with Crippen LogP contribution < -0.4 is 5.32 Å². The van der Waals surface area contributed by atoms with Crippen LogP contribution in [0.1, 0.15) is 25.3 Å². The molecule has 0 bridgehead atoms. The first kappa shape index (κ1) is 12.0. The number of rotatable bonds is 1. The maximum absolute atomic E-state index is 9.97. The van der Waals surface area contributed by atoms with Gasteiger partial charge in [0.1, 0.15) is 5.75 Å². The molecule has 2 nitrogen and oxygen atoms in total. The third kappa shape index (κ3) is 2.15. The summed E-state index contributed by atoms with van der Waals surface area (Å²) >= 11 is 11.9. The molecule has 0 radical (unpaired) electrons. The first-order valence-electron chi connectivity index (χ1n) is 5.42. The second-order valence-corrected chi connectivity index (χ2v) is 5.41. The lowest BCUT2D eigenvalue weighted by Gasteiger charge is -2.35. The Bertz CT molecular complexity index is 400. The van der Waals surface area contributed by atoms with E-state index in [0.29, 0.717) is 10.0 Å². The van der Waals surface area contributed by atoms with E-state index in [2.05, 4.69) is 12.2 Å². The number of nitrogens with one attached hydrogen (secondary N) is 1. The average Bonchev–Trinajstić information content (AvgIpc) is 2.24. The highest BCUT2D eigenvalue weighted by atomic mass is 35.5. The lowest BCUT2D eigenvalue weighted by Crippen LogP contribution is -2.37. The van der Waals surface area contributed by atoms with E-state index in [-0.39, 0.29) is 11.2 Å². The van der Waals surface area contributed by atoms with Crippen LogP contribution in [0.15, 0.2) is 12.1 Å². The molecule has 1 fully saturated rings. The molecule has 0 unspecified atom stereocenters. The van der Waals surface area contributed by atoms with Gasteiger partial charge < -0.3 is 10.4 Å². The second-order valence-electron chi connectivity index (χ2n) is 4.59. The summed E-state index contributed by atoms with van der Waals surface area (Å²) in [4.78, 5) is 0. The number of phenolic OH excluding ortho intramolecular Hbond substituents is 1. The third-order valence-corrected chi connectivity index (χ3v) is 4.12. The van der Waals surface area contributed by atoms with E-state index in [1.807, 2.05) is 0 Å². The molecule has 1 aliphatic heterocycles. The molecule has 0 amide bonds. The fraction of sp³-hybridized carbons (Fsp3) is 0.500. The molecular formula is C12H15Cl2NO. The zero-order chi connectivity index (χ0) is 11.8. The van der Waals surface area contributed by atoms with Gasteiger partial charge in [-0.2, -0.15) is 0 Å². The van der Waals surface area contributed by atoms with Crippen LogP contribution in [0.5, 0.6) is 5.75 Å². The fourth-order valence-electron chi connectivity index (χ4n) is 2.27. The smallest absolute Gasteiger partial charge is 0.120 e. The van der Waals surface area contributed by atoms with E-state index in [1.165, 1.54) is 6.07 Å². The molecule has 1 aromatic rings. The van der Waals surface area contributed by atoms with E-state index in [1.54, 1.807) is 6.07 Å². The molecule has 1 aromatic carbocycles. The van der Waals surface area contributed by atoms with E-state index >= 15 is 0 Å². The van der Waals surface area contributed by atoms with E-state index < -0.39 is 0 Å². The van der Waals surface area contributed by atoms with Gasteiger partial charge in [0.2, 0.25) is 0 Å².